The summed E-state index contributed by atoms with van der Waals surface area (Å²) in [6.07, 6.45) is 3.29. The van der Waals surface area contributed by atoms with Crippen LogP contribution in [0.15, 0.2) is 16.6 Å². The van der Waals surface area contributed by atoms with E-state index >= 15 is 0 Å². The largest absolute Gasteiger partial charge is 0.493 e. The van der Waals surface area contributed by atoms with Crippen LogP contribution in [0.1, 0.15) is 45.2 Å². The Bertz CT molecular complexity index is 468. The van der Waals surface area contributed by atoms with Crippen molar-refractivity contribution in [2.45, 2.75) is 53.0 Å². The highest BCUT2D eigenvalue weighted by molar-refractivity contribution is 9.10. The zero-order chi connectivity index (χ0) is 14.8. The van der Waals surface area contributed by atoms with Crippen molar-refractivity contribution >= 4 is 15.9 Å². The van der Waals surface area contributed by atoms with Crippen molar-refractivity contribution in [3.63, 3.8) is 0 Å². The van der Waals surface area contributed by atoms with Gasteiger partial charge in [0, 0.05) is 23.5 Å². The predicted octanol–water partition coefficient (Wildman–Crippen LogP) is 4.34. The van der Waals surface area contributed by atoms with Crippen LogP contribution in [0, 0.1) is 5.41 Å². The monoisotopic (exact) mass is 339 g/mol. The first-order valence-corrected chi connectivity index (χ1v) is 8.34. The van der Waals surface area contributed by atoms with Gasteiger partial charge in [0.25, 0.3) is 0 Å². The van der Waals surface area contributed by atoms with Gasteiger partial charge in [-0.3, -0.25) is 0 Å². The van der Waals surface area contributed by atoms with Crippen molar-refractivity contribution in [2.75, 3.05) is 13.2 Å². The van der Waals surface area contributed by atoms with E-state index in [1.54, 1.807) is 0 Å². The summed E-state index contributed by atoms with van der Waals surface area (Å²) in [5.74, 6) is 1.14. The van der Waals surface area contributed by atoms with Gasteiger partial charge in [0.05, 0.1) is 6.61 Å². The zero-order valence-electron chi connectivity index (χ0n) is 13.1. The van der Waals surface area contributed by atoms with Crippen molar-refractivity contribution in [2.24, 2.45) is 5.41 Å². The first-order valence-electron chi connectivity index (χ1n) is 7.55. The van der Waals surface area contributed by atoms with Gasteiger partial charge in [-0.1, -0.05) is 43.6 Å². The maximum atomic E-state index is 5.81. The molecule has 1 aromatic rings. The number of halogens is 1. The number of nitrogens with one attached hydrogen (secondary N) is 1. The first-order chi connectivity index (χ1) is 9.37. The predicted molar refractivity (Wildman–Crippen MR) is 88.6 cm³/mol. The number of hydrogen-bond acceptors (Lipinski definition) is 2. The molecule has 0 saturated heterocycles. The Morgan fingerprint density at radius 1 is 1.35 bits per heavy atom. The Morgan fingerprint density at radius 2 is 2.10 bits per heavy atom. The van der Waals surface area contributed by atoms with Gasteiger partial charge in [0.2, 0.25) is 0 Å². The summed E-state index contributed by atoms with van der Waals surface area (Å²) < 4.78 is 6.99. The normalized spacial score (nSPS) is 14.5. The molecule has 0 fully saturated rings. The summed E-state index contributed by atoms with van der Waals surface area (Å²) in [5.41, 5.74) is 3.01. The first kappa shape index (κ1) is 15.8. The van der Waals surface area contributed by atoms with E-state index in [0.29, 0.717) is 11.5 Å². The number of aryl methyl sites for hydroxylation is 1. The number of benzene rings is 1. The molecule has 0 atom stereocenters. The molecule has 1 N–H and O–H groups in total. The Kier molecular flexibility index (Phi) is 5.14. The number of fused-ring (bicyclic) bond motifs is 1. The molecular formula is C17H26BrNO. The molecule has 3 heteroatoms. The molecule has 0 aliphatic carbocycles. The SMILES string of the molecule is CC(C)NCC(C)(C)CCc1cc(Br)cc2c1OCC2. The van der Waals surface area contributed by atoms with Crippen LogP contribution >= 0.6 is 15.9 Å². The highest BCUT2D eigenvalue weighted by Crippen LogP contribution is 2.35. The van der Waals surface area contributed by atoms with Crippen molar-refractivity contribution in [3.8, 4) is 5.75 Å². The van der Waals surface area contributed by atoms with Crippen LogP contribution in [-0.2, 0) is 12.8 Å². The lowest BCUT2D eigenvalue weighted by atomic mass is 9.85. The van der Waals surface area contributed by atoms with E-state index in [0.717, 1.165) is 31.7 Å². The van der Waals surface area contributed by atoms with E-state index in [2.05, 4.69) is 61.1 Å². The van der Waals surface area contributed by atoms with E-state index < -0.39 is 0 Å². The number of rotatable bonds is 6. The lowest BCUT2D eigenvalue weighted by Gasteiger charge is -2.26. The molecule has 1 aliphatic heterocycles. The second-order valence-corrected chi connectivity index (χ2v) is 7.77. The average Bonchev–Trinajstić information content (AvgIpc) is 2.81. The van der Waals surface area contributed by atoms with Gasteiger partial charge < -0.3 is 10.1 Å². The van der Waals surface area contributed by atoms with Gasteiger partial charge >= 0.3 is 0 Å². The van der Waals surface area contributed by atoms with Crippen LogP contribution in [0.5, 0.6) is 5.75 Å². The molecule has 2 rings (SSSR count). The fraction of sp³-hybridized carbons (Fsp3) is 0.647. The molecule has 2 nitrogen and oxygen atoms in total. The van der Waals surface area contributed by atoms with Gasteiger partial charge in [-0.2, -0.15) is 0 Å². The van der Waals surface area contributed by atoms with Crippen LogP contribution < -0.4 is 10.1 Å². The summed E-state index contributed by atoms with van der Waals surface area (Å²) in [5, 5.41) is 3.55. The van der Waals surface area contributed by atoms with Crippen molar-refractivity contribution < 1.29 is 4.74 Å². The summed E-state index contributed by atoms with van der Waals surface area (Å²) in [6, 6.07) is 4.96. The van der Waals surface area contributed by atoms with Gasteiger partial charge in [-0.15, -0.1) is 0 Å². The van der Waals surface area contributed by atoms with Gasteiger partial charge in [-0.05, 0) is 41.5 Å². The smallest absolute Gasteiger partial charge is 0.125 e. The zero-order valence-corrected chi connectivity index (χ0v) is 14.6. The molecule has 0 spiro atoms. The van der Waals surface area contributed by atoms with E-state index in [1.165, 1.54) is 22.0 Å². The molecule has 1 heterocycles. The third kappa shape index (κ3) is 4.23. The Balaban J connectivity index is 2.00. The molecule has 0 bridgehead atoms. The third-order valence-electron chi connectivity index (χ3n) is 3.89. The number of ether oxygens (including phenoxy) is 1. The standard InChI is InChI=1S/C17H26BrNO/c1-12(2)19-11-17(3,4)7-5-13-9-15(18)10-14-6-8-20-16(13)14/h9-10,12,19H,5-8,11H2,1-4H3. The summed E-state index contributed by atoms with van der Waals surface area (Å²) in [7, 11) is 0. The maximum Gasteiger partial charge on any atom is 0.125 e. The Hall–Kier alpha value is -0.540. The minimum absolute atomic E-state index is 0.304. The molecule has 112 valence electrons. The van der Waals surface area contributed by atoms with Gasteiger partial charge in [0.15, 0.2) is 0 Å². The van der Waals surface area contributed by atoms with Gasteiger partial charge in [0.1, 0.15) is 5.75 Å². The topological polar surface area (TPSA) is 21.3 Å². The lowest BCUT2D eigenvalue weighted by Crippen LogP contribution is -2.34. The quantitative estimate of drug-likeness (QED) is 0.832. The lowest BCUT2D eigenvalue weighted by molar-refractivity contribution is 0.301. The molecule has 0 unspecified atom stereocenters. The second kappa shape index (κ2) is 6.48. The third-order valence-corrected chi connectivity index (χ3v) is 4.34. The fourth-order valence-corrected chi connectivity index (χ4v) is 3.13. The maximum absolute atomic E-state index is 5.81. The van der Waals surface area contributed by atoms with Crippen molar-refractivity contribution in [1.82, 2.24) is 5.32 Å². The molecule has 0 saturated carbocycles. The molecule has 1 aliphatic rings. The van der Waals surface area contributed by atoms with Crippen LogP contribution in [-0.4, -0.2) is 19.2 Å². The van der Waals surface area contributed by atoms with E-state index in [-0.39, 0.29) is 0 Å². The summed E-state index contributed by atoms with van der Waals surface area (Å²) >= 11 is 3.62. The van der Waals surface area contributed by atoms with E-state index in [1.807, 2.05) is 0 Å². The highest BCUT2D eigenvalue weighted by atomic mass is 79.9. The van der Waals surface area contributed by atoms with Crippen LogP contribution in [0.25, 0.3) is 0 Å². The minimum atomic E-state index is 0.304. The minimum Gasteiger partial charge on any atom is -0.493 e. The molecule has 20 heavy (non-hydrogen) atoms. The van der Waals surface area contributed by atoms with Crippen molar-refractivity contribution in [3.05, 3.63) is 27.7 Å². The second-order valence-electron chi connectivity index (χ2n) is 6.85. The summed E-state index contributed by atoms with van der Waals surface area (Å²) in [6.45, 7) is 11.0. The summed E-state index contributed by atoms with van der Waals surface area (Å²) in [4.78, 5) is 0. The fourth-order valence-electron chi connectivity index (χ4n) is 2.57. The van der Waals surface area contributed by atoms with E-state index in [4.69, 9.17) is 4.74 Å². The van der Waals surface area contributed by atoms with Gasteiger partial charge in [-0.25, -0.2) is 0 Å². The Morgan fingerprint density at radius 3 is 2.80 bits per heavy atom. The average molecular weight is 340 g/mol. The number of hydrogen-bond donors (Lipinski definition) is 1. The van der Waals surface area contributed by atoms with E-state index in [9.17, 15) is 0 Å². The molecule has 1 aromatic carbocycles. The molecule has 0 amide bonds. The molecular weight excluding hydrogens is 314 g/mol. The Labute approximate surface area is 131 Å². The molecule has 0 radical (unpaired) electrons. The highest BCUT2D eigenvalue weighted by Gasteiger charge is 2.22. The van der Waals surface area contributed by atoms with Crippen LogP contribution in [0.4, 0.5) is 0 Å². The van der Waals surface area contributed by atoms with Crippen molar-refractivity contribution in [1.29, 1.82) is 0 Å². The molecule has 0 aromatic heterocycles. The van der Waals surface area contributed by atoms with Crippen LogP contribution in [0.2, 0.25) is 0 Å². The van der Waals surface area contributed by atoms with Crippen LogP contribution in [0.3, 0.4) is 0 Å².